The van der Waals surface area contributed by atoms with E-state index in [1.807, 2.05) is 62.4 Å². The molecule has 0 saturated heterocycles. The number of carbonyl (C=O) groups is 2. The summed E-state index contributed by atoms with van der Waals surface area (Å²) in [6.45, 7) is 5.91. The zero-order valence-corrected chi connectivity index (χ0v) is 15.7. The number of benzene rings is 2. The summed E-state index contributed by atoms with van der Waals surface area (Å²) in [6, 6.07) is 14.6. The zero-order valence-electron chi connectivity index (χ0n) is 15.7. The molecule has 0 aromatic heterocycles. The number of amides is 1. The van der Waals surface area contributed by atoms with Crippen LogP contribution in [0.3, 0.4) is 0 Å². The van der Waals surface area contributed by atoms with Gasteiger partial charge in [-0.3, -0.25) is 9.80 Å². The van der Waals surface area contributed by atoms with Crippen LogP contribution < -0.4 is 10.3 Å². The summed E-state index contributed by atoms with van der Waals surface area (Å²) < 4.78 is 5.07. The van der Waals surface area contributed by atoms with Gasteiger partial charge in [0.25, 0.3) is 0 Å². The summed E-state index contributed by atoms with van der Waals surface area (Å²) in [5.41, 5.74) is 3.76. The Morgan fingerprint density at radius 1 is 1.11 bits per heavy atom. The molecule has 0 bridgehead atoms. The number of esters is 1. The van der Waals surface area contributed by atoms with Gasteiger partial charge in [0.05, 0.1) is 12.3 Å². The first-order chi connectivity index (χ1) is 13.0. The van der Waals surface area contributed by atoms with Crippen molar-refractivity contribution in [1.82, 2.24) is 0 Å². The molecule has 2 aromatic carbocycles. The fourth-order valence-electron chi connectivity index (χ4n) is 3.09. The maximum Gasteiger partial charge on any atom is 0.354 e. The number of nitrogens with zero attached hydrogens (tertiary/aromatic N) is 2. The third-order valence-corrected chi connectivity index (χ3v) is 4.47. The van der Waals surface area contributed by atoms with Crippen molar-refractivity contribution in [3.63, 3.8) is 0 Å². The lowest BCUT2D eigenvalue weighted by Crippen LogP contribution is -2.39. The number of anilines is 2. The fraction of sp³-hybridized carbons (Fsp3) is 0.286. The predicted molar refractivity (Wildman–Crippen MR) is 106 cm³/mol. The van der Waals surface area contributed by atoms with Crippen LogP contribution in [0.25, 0.3) is 0 Å². The molecule has 6 nitrogen and oxygen atoms in total. The first-order valence-electron chi connectivity index (χ1n) is 8.97. The van der Waals surface area contributed by atoms with Gasteiger partial charge in [-0.2, -0.15) is 5.10 Å². The van der Waals surface area contributed by atoms with Crippen LogP contribution in [0.1, 0.15) is 24.5 Å². The molecule has 27 heavy (non-hydrogen) atoms. The van der Waals surface area contributed by atoms with Crippen molar-refractivity contribution in [1.29, 1.82) is 0 Å². The van der Waals surface area contributed by atoms with Gasteiger partial charge in [0, 0.05) is 12.1 Å². The number of aryl methyl sites for hydroxylation is 2. The highest BCUT2D eigenvalue weighted by molar-refractivity contribution is 6.38. The molecular formula is C21H23N3O3. The molecule has 3 rings (SSSR count). The molecule has 1 heterocycles. The summed E-state index contributed by atoms with van der Waals surface area (Å²) in [5, 5.41) is 8.98. The van der Waals surface area contributed by atoms with Gasteiger partial charge in [0.1, 0.15) is 11.8 Å². The van der Waals surface area contributed by atoms with E-state index < -0.39 is 12.0 Å². The molecular weight excluding hydrogens is 342 g/mol. The lowest BCUT2D eigenvalue weighted by atomic mass is 10.1. The quantitative estimate of drug-likeness (QED) is 0.824. The molecule has 140 valence electrons. The Morgan fingerprint density at radius 2 is 1.78 bits per heavy atom. The van der Waals surface area contributed by atoms with E-state index in [0.717, 1.165) is 22.5 Å². The lowest BCUT2D eigenvalue weighted by Gasteiger charge is -2.23. The van der Waals surface area contributed by atoms with Crippen LogP contribution in [-0.4, -0.2) is 30.2 Å². The number of hydrazone groups is 1. The first kappa shape index (κ1) is 18.6. The minimum absolute atomic E-state index is 0.199. The Labute approximate surface area is 158 Å². The molecule has 2 aromatic rings. The van der Waals surface area contributed by atoms with Gasteiger partial charge in [-0.25, -0.2) is 4.79 Å². The Kier molecular flexibility index (Phi) is 5.54. The summed E-state index contributed by atoms with van der Waals surface area (Å²) in [7, 11) is 0. The van der Waals surface area contributed by atoms with Crippen molar-refractivity contribution in [2.75, 3.05) is 16.9 Å². The van der Waals surface area contributed by atoms with Crippen LogP contribution in [0, 0.1) is 13.8 Å². The number of rotatable bonds is 5. The van der Waals surface area contributed by atoms with Crippen LogP contribution in [-0.2, 0) is 14.3 Å². The molecule has 0 fully saturated rings. The normalized spacial score (nSPS) is 16.0. The summed E-state index contributed by atoms with van der Waals surface area (Å²) in [6.07, 6.45) is 0.199. The number of nitrogens with one attached hydrogen (secondary N) is 1. The molecule has 0 aliphatic carbocycles. The topological polar surface area (TPSA) is 71.0 Å². The second kappa shape index (κ2) is 8.03. The highest BCUT2D eigenvalue weighted by atomic mass is 16.5. The number of para-hydroxylation sites is 2. The molecule has 1 N–H and O–H groups in total. The van der Waals surface area contributed by atoms with Gasteiger partial charge in [-0.1, -0.05) is 36.4 Å². The van der Waals surface area contributed by atoms with Crippen LogP contribution >= 0.6 is 0 Å². The van der Waals surface area contributed by atoms with E-state index in [1.54, 1.807) is 11.9 Å². The Morgan fingerprint density at radius 3 is 2.41 bits per heavy atom. The Balaban J connectivity index is 1.88. The van der Waals surface area contributed by atoms with Gasteiger partial charge >= 0.3 is 5.97 Å². The van der Waals surface area contributed by atoms with Crippen molar-refractivity contribution < 1.29 is 14.3 Å². The van der Waals surface area contributed by atoms with E-state index in [4.69, 9.17) is 4.74 Å². The van der Waals surface area contributed by atoms with E-state index in [9.17, 15) is 9.59 Å². The van der Waals surface area contributed by atoms with Crippen molar-refractivity contribution in [2.45, 2.75) is 33.2 Å². The molecule has 1 atom stereocenters. The van der Waals surface area contributed by atoms with E-state index in [-0.39, 0.29) is 24.6 Å². The minimum Gasteiger partial charge on any atom is -0.461 e. The van der Waals surface area contributed by atoms with E-state index in [0.29, 0.717) is 0 Å². The highest BCUT2D eigenvalue weighted by Crippen LogP contribution is 2.27. The van der Waals surface area contributed by atoms with Crippen molar-refractivity contribution in [3.05, 3.63) is 59.7 Å². The summed E-state index contributed by atoms with van der Waals surface area (Å²) in [5.74, 6) is -0.694. The molecule has 0 spiro atoms. The second-order valence-corrected chi connectivity index (χ2v) is 6.42. The van der Waals surface area contributed by atoms with E-state index in [2.05, 4.69) is 10.4 Å². The van der Waals surface area contributed by atoms with E-state index >= 15 is 0 Å². The average Bonchev–Trinajstić information content (AvgIpc) is 3.11. The molecule has 0 radical (unpaired) electrons. The second-order valence-electron chi connectivity index (χ2n) is 6.42. The number of ether oxygens (including phenoxy) is 1. The van der Waals surface area contributed by atoms with Crippen LogP contribution in [0.2, 0.25) is 0 Å². The SMILES string of the molecule is CCOC(=O)C1=NN(c2ccccc2)[C@@H](C(=O)Nc2c(C)cccc2C)C1. The molecule has 1 aliphatic rings. The maximum absolute atomic E-state index is 13.1. The predicted octanol–water partition coefficient (Wildman–Crippen LogP) is 3.44. The Bertz CT molecular complexity index is 857. The maximum atomic E-state index is 13.1. The molecule has 1 amide bonds. The molecule has 6 heteroatoms. The minimum atomic E-state index is -0.620. The third-order valence-electron chi connectivity index (χ3n) is 4.47. The lowest BCUT2D eigenvalue weighted by molar-refractivity contribution is -0.135. The smallest absolute Gasteiger partial charge is 0.354 e. The van der Waals surface area contributed by atoms with Crippen molar-refractivity contribution in [2.24, 2.45) is 5.10 Å². The first-order valence-corrected chi connectivity index (χ1v) is 8.97. The van der Waals surface area contributed by atoms with Crippen molar-refractivity contribution in [3.8, 4) is 0 Å². The monoisotopic (exact) mass is 365 g/mol. The standard InChI is InChI=1S/C21H23N3O3/c1-4-27-21(26)17-13-18(24(23-17)16-11-6-5-7-12-16)20(25)22-19-14(2)9-8-10-15(19)3/h5-12,18H,4,13H2,1-3H3,(H,22,25)/t18-/m1/s1. The Hall–Kier alpha value is -3.15. The molecule has 1 aliphatic heterocycles. The van der Waals surface area contributed by atoms with Crippen LogP contribution in [0.4, 0.5) is 11.4 Å². The summed E-state index contributed by atoms with van der Waals surface area (Å²) >= 11 is 0. The zero-order chi connectivity index (χ0) is 19.4. The molecule has 0 saturated carbocycles. The fourth-order valence-corrected chi connectivity index (χ4v) is 3.09. The van der Waals surface area contributed by atoms with Gasteiger partial charge in [-0.05, 0) is 44.0 Å². The average molecular weight is 365 g/mol. The number of hydrogen-bond acceptors (Lipinski definition) is 5. The van der Waals surface area contributed by atoms with Gasteiger partial charge in [0.15, 0.2) is 0 Å². The van der Waals surface area contributed by atoms with Crippen LogP contribution in [0.5, 0.6) is 0 Å². The van der Waals surface area contributed by atoms with E-state index in [1.165, 1.54) is 0 Å². The highest BCUT2D eigenvalue weighted by Gasteiger charge is 2.37. The van der Waals surface area contributed by atoms with Gasteiger partial charge in [0.2, 0.25) is 5.91 Å². The van der Waals surface area contributed by atoms with Gasteiger partial charge < -0.3 is 10.1 Å². The van der Waals surface area contributed by atoms with Crippen LogP contribution in [0.15, 0.2) is 53.6 Å². The third kappa shape index (κ3) is 4.00. The number of hydrogen-bond donors (Lipinski definition) is 1. The largest absolute Gasteiger partial charge is 0.461 e. The number of carbonyl (C=O) groups excluding carboxylic acids is 2. The van der Waals surface area contributed by atoms with Gasteiger partial charge in [-0.15, -0.1) is 0 Å². The molecule has 0 unspecified atom stereocenters. The van der Waals surface area contributed by atoms with Crippen molar-refractivity contribution >= 4 is 29.0 Å². The summed E-state index contributed by atoms with van der Waals surface area (Å²) in [4.78, 5) is 25.2.